The first-order valence-corrected chi connectivity index (χ1v) is 28.7. The van der Waals surface area contributed by atoms with Crippen LogP contribution in [0.2, 0.25) is 10.6 Å². The number of nitrogens with zero attached hydrogens (tertiary/aromatic N) is 6. The monoisotopic (exact) mass is 1090 g/mol. The van der Waals surface area contributed by atoms with Crippen molar-refractivity contribution in [1.82, 2.24) is 29.9 Å². The SMILES string of the molecule is Clc1nc(-c2ccc3c(c2)c2ccccc2c2c(-c4ccc5c(c4)sc4c6ccccc6c(-c6nc(Cl)nc(-c7cccc8c9ccccc9c9ccccc9c78)n6)cc54)cccc32)nc(-c2cccc3sc4ccccc4c23)n1. The van der Waals surface area contributed by atoms with Crippen LogP contribution < -0.4 is 0 Å². The quantitative estimate of drug-likeness (QED) is 0.160. The highest BCUT2D eigenvalue weighted by Crippen LogP contribution is 2.47. The maximum atomic E-state index is 6.96. The summed E-state index contributed by atoms with van der Waals surface area (Å²) >= 11 is 17.3. The lowest BCUT2D eigenvalue weighted by atomic mass is 9.88. The van der Waals surface area contributed by atoms with Gasteiger partial charge in [-0.1, -0.05) is 188 Å². The summed E-state index contributed by atoms with van der Waals surface area (Å²) in [4.78, 5) is 29.5. The van der Waals surface area contributed by atoms with E-state index >= 15 is 0 Å². The van der Waals surface area contributed by atoms with Crippen molar-refractivity contribution >= 4 is 162 Å². The molecule has 4 heterocycles. The van der Waals surface area contributed by atoms with E-state index in [4.69, 9.17) is 53.1 Å². The Labute approximate surface area is 473 Å². The molecule has 80 heavy (non-hydrogen) atoms. The van der Waals surface area contributed by atoms with Crippen molar-refractivity contribution in [3.05, 3.63) is 229 Å². The lowest BCUT2D eigenvalue weighted by Crippen LogP contribution is -1.99. The Bertz CT molecular complexity index is 5480. The number of hydrogen-bond acceptors (Lipinski definition) is 8. The Morgan fingerprint density at radius 2 is 0.688 bits per heavy atom. The summed E-state index contributed by atoms with van der Waals surface area (Å²) in [7, 11) is 0. The number of fused-ring (bicyclic) bond motifs is 20. The van der Waals surface area contributed by atoms with Crippen LogP contribution in [-0.4, -0.2) is 29.9 Å². The summed E-state index contributed by atoms with van der Waals surface area (Å²) in [6.45, 7) is 0. The lowest BCUT2D eigenvalue weighted by molar-refractivity contribution is 1.07. The molecule has 0 unspecified atom stereocenters. The summed E-state index contributed by atoms with van der Waals surface area (Å²) in [5.41, 5.74) is 5.91. The molecule has 0 saturated heterocycles. The second-order valence-corrected chi connectivity index (χ2v) is 23.1. The van der Waals surface area contributed by atoms with Gasteiger partial charge in [-0.25, -0.2) is 9.97 Å². The fourth-order valence-electron chi connectivity index (χ4n) is 12.6. The molecule has 0 bridgehead atoms. The van der Waals surface area contributed by atoms with Gasteiger partial charge in [0.05, 0.1) is 0 Å². The van der Waals surface area contributed by atoms with Gasteiger partial charge < -0.3 is 0 Å². The number of rotatable bonds is 5. The van der Waals surface area contributed by atoms with Crippen LogP contribution in [-0.2, 0) is 0 Å². The minimum Gasteiger partial charge on any atom is -0.208 e. The Hall–Kier alpha value is -9.28. The predicted octanol–water partition coefficient (Wildman–Crippen LogP) is 20.5. The van der Waals surface area contributed by atoms with E-state index in [9.17, 15) is 0 Å². The van der Waals surface area contributed by atoms with Crippen LogP contribution in [0.25, 0.3) is 172 Å². The molecular formula is C70H36Cl2N6S2. The van der Waals surface area contributed by atoms with E-state index in [1.807, 2.05) is 11.3 Å². The van der Waals surface area contributed by atoms with Crippen LogP contribution in [0.1, 0.15) is 0 Å². The largest absolute Gasteiger partial charge is 0.226 e. The maximum absolute atomic E-state index is 6.96. The molecule has 0 saturated carbocycles. The van der Waals surface area contributed by atoms with Gasteiger partial charge in [0.1, 0.15) is 0 Å². The molecule has 0 spiro atoms. The minimum atomic E-state index is 0.144. The van der Waals surface area contributed by atoms with E-state index in [1.54, 1.807) is 11.3 Å². The first-order chi connectivity index (χ1) is 39.5. The van der Waals surface area contributed by atoms with E-state index in [0.717, 1.165) is 81.7 Å². The molecule has 372 valence electrons. The lowest BCUT2D eigenvalue weighted by Gasteiger charge is -2.15. The smallest absolute Gasteiger partial charge is 0.208 e. The van der Waals surface area contributed by atoms with Crippen molar-refractivity contribution in [1.29, 1.82) is 0 Å². The van der Waals surface area contributed by atoms with E-state index in [1.165, 1.54) is 67.5 Å². The van der Waals surface area contributed by atoms with Gasteiger partial charge in [0.2, 0.25) is 10.6 Å². The zero-order chi connectivity index (χ0) is 52.7. The molecule has 17 rings (SSSR count). The Morgan fingerprint density at radius 3 is 1.38 bits per heavy atom. The van der Waals surface area contributed by atoms with E-state index in [0.29, 0.717) is 23.3 Å². The summed E-state index contributed by atoms with van der Waals surface area (Å²) in [6.07, 6.45) is 0. The van der Waals surface area contributed by atoms with Gasteiger partial charge in [-0.15, -0.1) is 22.7 Å². The third kappa shape index (κ3) is 6.90. The Balaban J connectivity index is 0.796. The summed E-state index contributed by atoms with van der Waals surface area (Å²) in [6, 6.07) is 77.9. The molecule has 0 aliphatic rings. The number of thiophene rings is 2. The highest BCUT2D eigenvalue weighted by Gasteiger charge is 2.22. The van der Waals surface area contributed by atoms with Crippen LogP contribution in [0.4, 0.5) is 0 Å². The molecule has 10 heteroatoms. The standard InChI is InChI=1S/C70H36Cl2N6S2/c71-69-75-65(73-67(77-69)54-27-13-29-59-63(54)52-22-9-10-28-58(52)79-59)38-31-32-45-50-24-11-23-39(61(50)48-20-7-4-17-43(48)55(45)34-38)37-30-33-46-56-36-57(44-18-5-8-21-51(44)64(56)80-60(46)35-37)68-74-66(76-70(72)78-68)53-26-12-25-49-42-15-2-1-14-40(42)41-16-3-6-19-47(41)62(49)53/h1-36H. The summed E-state index contributed by atoms with van der Waals surface area (Å²) in [5, 5.41) is 21.0. The van der Waals surface area contributed by atoms with Crippen molar-refractivity contribution in [2.45, 2.75) is 0 Å². The molecule has 6 nitrogen and oxygen atoms in total. The van der Waals surface area contributed by atoms with Gasteiger partial charge in [0, 0.05) is 73.4 Å². The maximum Gasteiger partial charge on any atom is 0.226 e. The zero-order valence-corrected chi connectivity index (χ0v) is 45.2. The minimum absolute atomic E-state index is 0.144. The number of benzene rings is 13. The van der Waals surface area contributed by atoms with Crippen LogP contribution >= 0.6 is 45.9 Å². The summed E-state index contributed by atoms with van der Waals surface area (Å²) in [5.74, 6) is 2.14. The third-order valence-corrected chi connectivity index (χ3v) is 18.7. The average molecular weight is 1100 g/mol. The topological polar surface area (TPSA) is 77.3 Å². The van der Waals surface area contributed by atoms with Gasteiger partial charge in [0.25, 0.3) is 0 Å². The molecule has 17 aromatic rings. The molecule has 0 atom stereocenters. The van der Waals surface area contributed by atoms with Crippen molar-refractivity contribution in [3.8, 4) is 56.7 Å². The van der Waals surface area contributed by atoms with Crippen LogP contribution in [0.15, 0.2) is 218 Å². The second kappa shape index (κ2) is 17.6. The highest BCUT2D eigenvalue weighted by molar-refractivity contribution is 7.27. The molecule has 0 radical (unpaired) electrons. The molecule has 0 N–H and O–H groups in total. The average Bonchev–Trinajstić information content (AvgIpc) is 4.24. The van der Waals surface area contributed by atoms with E-state index in [2.05, 4.69) is 218 Å². The number of aromatic nitrogens is 6. The molecule has 0 aliphatic heterocycles. The van der Waals surface area contributed by atoms with Crippen molar-refractivity contribution in [2.24, 2.45) is 0 Å². The molecule has 0 amide bonds. The van der Waals surface area contributed by atoms with Gasteiger partial charge in [-0.3, -0.25) is 0 Å². The van der Waals surface area contributed by atoms with Crippen molar-refractivity contribution in [2.75, 3.05) is 0 Å². The molecule has 0 fully saturated rings. The van der Waals surface area contributed by atoms with Gasteiger partial charge in [-0.05, 0) is 129 Å². The zero-order valence-electron chi connectivity index (χ0n) is 42.0. The Morgan fingerprint density at radius 1 is 0.237 bits per heavy atom. The van der Waals surface area contributed by atoms with Crippen molar-refractivity contribution in [3.63, 3.8) is 0 Å². The second-order valence-electron chi connectivity index (χ2n) is 20.3. The van der Waals surface area contributed by atoms with Crippen LogP contribution in [0.3, 0.4) is 0 Å². The first-order valence-electron chi connectivity index (χ1n) is 26.3. The van der Waals surface area contributed by atoms with Crippen molar-refractivity contribution < 1.29 is 0 Å². The van der Waals surface area contributed by atoms with Crippen LogP contribution in [0.5, 0.6) is 0 Å². The molecule has 0 aliphatic carbocycles. The molecular weight excluding hydrogens is 1060 g/mol. The van der Waals surface area contributed by atoms with E-state index in [-0.39, 0.29) is 10.6 Å². The fourth-order valence-corrected chi connectivity index (χ4v) is 15.3. The number of halogens is 2. The van der Waals surface area contributed by atoms with Crippen LogP contribution in [0, 0.1) is 0 Å². The normalized spacial score (nSPS) is 12.1. The number of hydrogen-bond donors (Lipinski definition) is 0. The molecule has 4 aromatic heterocycles. The highest BCUT2D eigenvalue weighted by atomic mass is 35.5. The van der Waals surface area contributed by atoms with E-state index < -0.39 is 0 Å². The fraction of sp³-hybridized carbons (Fsp3) is 0. The predicted molar refractivity (Wildman–Crippen MR) is 339 cm³/mol. The Kier molecular flexibility index (Phi) is 10.1. The van der Waals surface area contributed by atoms with Gasteiger partial charge >= 0.3 is 0 Å². The first kappa shape index (κ1) is 45.7. The summed E-state index contributed by atoms with van der Waals surface area (Å²) < 4.78 is 4.79. The third-order valence-electron chi connectivity index (χ3n) is 16.0. The molecule has 13 aromatic carbocycles. The van der Waals surface area contributed by atoms with Gasteiger partial charge in [-0.2, -0.15) is 19.9 Å². The van der Waals surface area contributed by atoms with Gasteiger partial charge in [0.15, 0.2) is 23.3 Å².